The van der Waals surface area contributed by atoms with Crippen LogP contribution in [0.5, 0.6) is 0 Å². The molecule has 3 atom stereocenters. The summed E-state index contributed by atoms with van der Waals surface area (Å²) in [5, 5.41) is 13.0. The second-order valence-corrected chi connectivity index (χ2v) is 10.5. The molecule has 13 heteroatoms. The lowest BCUT2D eigenvalue weighted by atomic mass is 9.34. The molecule has 36 heavy (non-hydrogen) atoms. The Morgan fingerprint density at radius 2 is 1.81 bits per heavy atom. The van der Waals surface area contributed by atoms with Crippen LogP contribution < -0.4 is 15.5 Å². The van der Waals surface area contributed by atoms with Crippen LogP contribution in [-0.2, 0) is 15.0 Å². The van der Waals surface area contributed by atoms with E-state index in [2.05, 4.69) is 20.8 Å². The molecule has 0 radical (unpaired) electrons. The van der Waals surface area contributed by atoms with Crippen LogP contribution in [0.25, 0.3) is 0 Å². The van der Waals surface area contributed by atoms with Gasteiger partial charge in [0.15, 0.2) is 0 Å². The third-order valence-electron chi connectivity index (χ3n) is 8.27. The van der Waals surface area contributed by atoms with Crippen LogP contribution in [0.1, 0.15) is 56.4 Å². The van der Waals surface area contributed by atoms with Gasteiger partial charge < -0.3 is 14.6 Å². The molecule has 8 nitrogen and oxygen atoms in total. The van der Waals surface area contributed by atoms with E-state index in [-0.39, 0.29) is 61.7 Å². The highest BCUT2D eigenvalue weighted by atomic mass is 19.4. The summed E-state index contributed by atoms with van der Waals surface area (Å²) in [6.07, 6.45) is -4.29. The molecule has 0 spiro atoms. The number of anilines is 2. The zero-order valence-electron chi connectivity index (χ0n) is 19.1. The Bertz CT molecular complexity index is 1230. The molecule has 1 aromatic heterocycles. The molecule has 3 aliphatic carbocycles. The molecule has 5 fully saturated rings. The lowest BCUT2D eigenvalue weighted by Crippen LogP contribution is -2.70. The highest BCUT2D eigenvalue weighted by Crippen LogP contribution is 2.78. The van der Waals surface area contributed by atoms with Crippen molar-refractivity contribution in [3.63, 3.8) is 0 Å². The van der Waals surface area contributed by atoms with Crippen LogP contribution in [0.3, 0.4) is 0 Å². The summed E-state index contributed by atoms with van der Waals surface area (Å²) in [6, 6.07) is 2.01. The first-order valence-corrected chi connectivity index (χ1v) is 11.7. The summed E-state index contributed by atoms with van der Waals surface area (Å²) < 4.78 is 74.6. The van der Waals surface area contributed by atoms with Gasteiger partial charge in [-0.3, -0.25) is 14.9 Å². The molecule has 7 rings (SSSR count). The Morgan fingerprint density at radius 3 is 2.39 bits per heavy atom. The quantitative estimate of drug-likeness (QED) is 0.468. The summed E-state index contributed by atoms with van der Waals surface area (Å²) in [5.74, 6) is -3.78. The standard InChI is InChI=1S/C23H22F5N5O3/c1-10-15(29-20-32-31-19(36-20)21-7-22(8-21,9-21)23(26,27)28)6-33(10)11-4-13(24)17(14(25)5-11)12-2-3-16(34)30-18(12)35/h4-5,10,12,15H,2-3,6-9H2,1H3,(H,29,32)(H,30,34,35)/t10-,12?,15+,21?,22?/m1/s1. The minimum atomic E-state index is -4.22. The summed E-state index contributed by atoms with van der Waals surface area (Å²) in [5.41, 5.74) is -2.37. The minimum Gasteiger partial charge on any atom is -0.408 e. The van der Waals surface area contributed by atoms with Crippen molar-refractivity contribution in [2.75, 3.05) is 16.8 Å². The topological polar surface area (TPSA) is 100 Å². The maximum absolute atomic E-state index is 14.9. The molecule has 1 unspecified atom stereocenters. The molecule has 5 aliphatic rings. The van der Waals surface area contributed by atoms with Crippen molar-refractivity contribution >= 4 is 23.5 Å². The number of nitrogens with one attached hydrogen (secondary N) is 2. The van der Waals surface area contributed by atoms with Crippen molar-refractivity contribution in [1.82, 2.24) is 15.5 Å². The lowest BCUT2D eigenvalue weighted by Gasteiger charge is -2.68. The van der Waals surface area contributed by atoms with Crippen LogP contribution in [0, 0.1) is 17.0 Å². The van der Waals surface area contributed by atoms with Crippen molar-refractivity contribution in [1.29, 1.82) is 0 Å². The van der Waals surface area contributed by atoms with E-state index < -0.39 is 46.4 Å². The maximum Gasteiger partial charge on any atom is 0.394 e. The first-order valence-electron chi connectivity index (χ1n) is 11.7. The number of piperidine rings is 1. The zero-order chi connectivity index (χ0) is 25.6. The molecular formula is C23H22F5N5O3. The van der Waals surface area contributed by atoms with Crippen molar-refractivity contribution in [2.45, 2.75) is 68.6 Å². The monoisotopic (exact) mass is 511 g/mol. The number of imide groups is 1. The lowest BCUT2D eigenvalue weighted by molar-refractivity contribution is -0.340. The number of hydrogen-bond donors (Lipinski definition) is 2. The molecule has 2 bridgehead atoms. The Balaban J connectivity index is 1.10. The molecule has 1 aromatic carbocycles. The van der Waals surface area contributed by atoms with Gasteiger partial charge in [-0.05, 0) is 44.7 Å². The second kappa shape index (κ2) is 7.39. The summed E-state index contributed by atoms with van der Waals surface area (Å²) in [6.45, 7) is 2.19. The first-order chi connectivity index (χ1) is 16.9. The molecule has 2 N–H and O–H groups in total. The van der Waals surface area contributed by atoms with Crippen molar-refractivity contribution in [3.8, 4) is 0 Å². The Labute approximate surface area is 201 Å². The smallest absolute Gasteiger partial charge is 0.394 e. The predicted octanol–water partition coefficient (Wildman–Crippen LogP) is 3.54. The number of amides is 2. The van der Waals surface area contributed by atoms with Gasteiger partial charge in [0.1, 0.15) is 11.6 Å². The molecule has 192 valence electrons. The van der Waals surface area contributed by atoms with Crippen LogP contribution in [0.2, 0.25) is 0 Å². The van der Waals surface area contributed by atoms with Gasteiger partial charge >= 0.3 is 12.2 Å². The average Bonchev–Trinajstić information content (AvgIpc) is 3.16. The van der Waals surface area contributed by atoms with Crippen molar-refractivity contribution < 1.29 is 36.0 Å². The van der Waals surface area contributed by atoms with Gasteiger partial charge in [0.05, 0.1) is 22.8 Å². The van der Waals surface area contributed by atoms with Crippen LogP contribution >= 0.6 is 0 Å². The molecule has 2 aromatic rings. The number of nitrogens with zero attached hydrogens (tertiary/aromatic N) is 3. The fourth-order valence-corrected chi connectivity index (χ4v) is 6.13. The van der Waals surface area contributed by atoms with E-state index in [1.165, 1.54) is 12.1 Å². The SMILES string of the molecule is C[C@@H]1[C@@H](Nc2nnc(C34CC(C(F)(F)F)(C3)C4)o2)CN1c1cc(F)c(C2CCC(=O)NC2=O)c(F)c1. The van der Waals surface area contributed by atoms with Gasteiger partial charge in [-0.15, -0.1) is 5.10 Å². The van der Waals surface area contributed by atoms with Crippen LogP contribution in [0.4, 0.5) is 33.7 Å². The van der Waals surface area contributed by atoms with Crippen molar-refractivity contribution in [2.24, 2.45) is 5.41 Å². The number of aromatic nitrogens is 2. The summed E-state index contributed by atoms with van der Waals surface area (Å²) in [7, 11) is 0. The third kappa shape index (κ3) is 3.23. The van der Waals surface area contributed by atoms with Gasteiger partial charge in [-0.2, -0.15) is 13.2 Å². The van der Waals surface area contributed by atoms with Gasteiger partial charge in [0.2, 0.25) is 17.7 Å². The number of hydrogen-bond acceptors (Lipinski definition) is 7. The fraction of sp³-hybridized carbons (Fsp3) is 0.565. The number of rotatable bonds is 5. The van der Waals surface area contributed by atoms with Crippen LogP contribution in [0.15, 0.2) is 16.5 Å². The zero-order valence-corrected chi connectivity index (χ0v) is 19.1. The minimum absolute atomic E-state index is 0.00918. The van der Waals surface area contributed by atoms with Gasteiger partial charge in [0.25, 0.3) is 0 Å². The maximum atomic E-state index is 14.9. The number of carbonyl (C=O) groups excluding carboxylic acids is 2. The van der Waals surface area contributed by atoms with Gasteiger partial charge in [-0.25, -0.2) is 8.78 Å². The predicted molar refractivity (Wildman–Crippen MR) is 114 cm³/mol. The number of benzene rings is 1. The van der Waals surface area contributed by atoms with E-state index in [4.69, 9.17) is 4.42 Å². The van der Waals surface area contributed by atoms with Gasteiger partial charge in [-0.1, -0.05) is 5.10 Å². The second-order valence-electron chi connectivity index (χ2n) is 10.5. The Hall–Kier alpha value is -3.25. The van der Waals surface area contributed by atoms with Crippen molar-refractivity contribution in [3.05, 3.63) is 35.2 Å². The van der Waals surface area contributed by atoms with E-state index in [9.17, 15) is 31.5 Å². The largest absolute Gasteiger partial charge is 0.408 e. The summed E-state index contributed by atoms with van der Waals surface area (Å²) >= 11 is 0. The van der Waals surface area contributed by atoms with E-state index in [0.29, 0.717) is 12.2 Å². The highest BCUT2D eigenvalue weighted by molar-refractivity contribution is 6.01. The van der Waals surface area contributed by atoms with E-state index in [0.717, 1.165) is 0 Å². The number of halogens is 5. The molecule has 2 amide bonds. The fourth-order valence-electron chi connectivity index (χ4n) is 6.13. The highest BCUT2D eigenvalue weighted by Gasteiger charge is 2.80. The average molecular weight is 511 g/mol. The number of alkyl halides is 3. The van der Waals surface area contributed by atoms with Crippen LogP contribution in [-0.4, -0.2) is 46.8 Å². The molecule has 3 saturated carbocycles. The molecule has 2 aliphatic heterocycles. The summed E-state index contributed by atoms with van der Waals surface area (Å²) in [4.78, 5) is 25.2. The Kier molecular flexibility index (Phi) is 4.75. The van der Waals surface area contributed by atoms with E-state index in [1.807, 2.05) is 6.92 Å². The first kappa shape index (κ1) is 23.2. The molecular weight excluding hydrogens is 489 g/mol. The van der Waals surface area contributed by atoms with E-state index >= 15 is 0 Å². The third-order valence-corrected chi connectivity index (χ3v) is 8.27. The molecule has 3 heterocycles. The van der Waals surface area contributed by atoms with E-state index in [1.54, 1.807) is 4.90 Å². The number of carbonyl (C=O) groups is 2. The Morgan fingerprint density at radius 1 is 1.14 bits per heavy atom. The molecule has 2 saturated heterocycles. The van der Waals surface area contributed by atoms with Gasteiger partial charge in [0, 0.05) is 30.3 Å². The normalized spacial score (nSPS) is 33.4.